The van der Waals surface area contributed by atoms with Crippen molar-refractivity contribution in [1.82, 2.24) is 9.97 Å². The molecule has 0 aliphatic heterocycles. The predicted octanol–water partition coefficient (Wildman–Crippen LogP) is 2.87. The first-order valence-electron chi connectivity index (χ1n) is 5.25. The molecule has 16 heavy (non-hydrogen) atoms. The standard InChI is InChI=1S/C11H11BrFN3/c12-6-3-8-9(4-7(6)13)16-11(15-8)10(14)5-1-2-5/h3-5,10H,1-2,14H2,(H,15,16). The van der Waals surface area contributed by atoms with Gasteiger partial charge < -0.3 is 10.7 Å². The molecule has 0 bridgehead atoms. The molecule has 1 aromatic carbocycles. The van der Waals surface area contributed by atoms with Crippen molar-refractivity contribution in [3.05, 3.63) is 28.2 Å². The van der Waals surface area contributed by atoms with Crippen molar-refractivity contribution in [2.45, 2.75) is 18.9 Å². The highest BCUT2D eigenvalue weighted by molar-refractivity contribution is 9.10. The smallest absolute Gasteiger partial charge is 0.139 e. The zero-order valence-electron chi connectivity index (χ0n) is 8.50. The van der Waals surface area contributed by atoms with Gasteiger partial charge in [-0.05, 0) is 40.8 Å². The number of nitrogens with one attached hydrogen (secondary N) is 1. The molecule has 1 saturated carbocycles. The third-order valence-electron chi connectivity index (χ3n) is 2.99. The molecule has 0 saturated heterocycles. The molecule has 1 aliphatic carbocycles. The van der Waals surface area contributed by atoms with Gasteiger partial charge in [0.1, 0.15) is 11.6 Å². The van der Waals surface area contributed by atoms with Crippen molar-refractivity contribution in [3.8, 4) is 0 Å². The quantitative estimate of drug-likeness (QED) is 0.891. The molecule has 0 spiro atoms. The van der Waals surface area contributed by atoms with Gasteiger partial charge in [0.15, 0.2) is 0 Å². The van der Waals surface area contributed by atoms with Gasteiger partial charge in [-0.25, -0.2) is 9.37 Å². The van der Waals surface area contributed by atoms with E-state index in [-0.39, 0.29) is 11.9 Å². The van der Waals surface area contributed by atoms with E-state index in [1.807, 2.05) is 0 Å². The Kier molecular flexibility index (Phi) is 2.26. The van der Waals surface area contributed by atoms with Crippen molar-refractivity contribution < 1.29 is 4.39 Å². The lowest BCUT2D eigenvalue weighted by Gasteiger charge is -2.04. The molecule has 0 radical (unpaired) electrons. The molecule has 3 nitrogen and oxygen atoms in total. The molecule has 3 rings (SSSR count). The van der Waals surface area contributed by atoms with Crippen LogP contribution in [0.4, 0.5) is 4.39 Å². The molecular formula is C11H11BrFN3. The Morgan fingerprint density at radius 1 is 1.50 bits per heavy atom. The summed E-state index contributed by atoms with van der Waals surface area (Å²) < 4.78 is 13.7. The number of halogens is 2. The number of aromatic amines is 1. The highest BCUT2D eigenvalue weighted by Gasteiger charge is 2.31. The van der Waals surface area contributed by atoms with Crippen LogP contribution in [0.15, 0.2) is 16.6 Å². The number of fused-ring (bicyclic) bond motifs is 1. The summed E-state index contributed by atoms with van der Waals surface area (Å²) >= 11 is 3.14. The van der Waals surface area contributed by atoms with E-state index in [1.165, 1.54) is 6.07 Å². The van der Waals surface area contributed by atoms with Crippen molar-refractivity contribution in [1.29, 1.82) is 0 Å². The molecule has 1 atom stereocenters. The monoisotopic (exact) mass is 283 g/mol. The zero-order chi connectivity index (χ0) is 11.3. The van der Waals surface area contributed by atoms with Gasteiger partial charge in [0, 0.05) is 6.07 Å². The summed E-state index contributed by atoms with van der Waals surface area (Å²) in [6, 6.07) is 3.06. The topological polar surface area (TPSA) is 54.7 Å². The summed E-state index contributed by atoms with van der Waals surface area (Å²) in [5, 5.41) is 0. The second-order valence-electron chi connectivity index (χ2n) is 4.27. The van der Waals surface area contributed by atoms with Gasteiger partial charge in [0.05, 0.1) is 21.5 Å². The lowest BCUT2D eigenvalue weighted by molar-refractivity contribution is 0.602. The molecule has 3 N–H and O–H groups in total. The zero-order valence-corrected chi connectivity index (χ0v) is 10.1. The van der Waals surface area contributed by atoms with E-state index in [4.69, 9.17) is 5.73 Å². The van der Waals surface area contributed by atoms with Gasteiger partial charge in [-0.15, -0.1) is 0 Å². The maximum atomic E-state index is 13.3. The number of nitrogens with zero attached hydrogens (tertiary/aromatic N) is 1. The Hall–Kier alpha value is -0.940. The molecule has 1 heterocycles. The molecule has 1 unspecified atom stereocenters. The second kappa shape index (κ2) is 3.53. The number of rotatable bonds is 2. The van der Waals surface area contributed by atoms with Gasteiger partial charge in [0.25, 0.3) is 0 Å². The average molecular weight is 284 g/mol. The van der Waals surface area contributed by atoms with Crippen LogP contribution in [0.5, 0.6) is 0 Å². The number of hydrogen-bond acceptors (Lipinski definition) is 2. The fourth-order valence-corrected chi connectivity index (χ4v) is 2.19. The van der Waals surface area contributed by atoms with E-state index in [9.17, 15) is 4.39 Å². The van der Waals surface area contributed by atoms with Gasteiger partial charge in [0.2, 0.25) is 0 Å². The summed E-state index contributed by atoms with van der Waals surface area (Å²) in [6.45, 7) is 0. The van der Waals surface area contributed by atoms with Gasteiger partial charge in [-0.2, -0.15) is 0 Å². The van der Waals surface area contributed by atoms with Gasteiger partial charge >= 0.3 is 0 Å². The van der Waals surface area contributed by atoms with E-state index >= 15 is 0 Å². The summed E-state index contributed by atoms with van der Waals surface area (Å²) in [7, 11) is 0. The maximum Gasteiger partial charge on any atom is 0.139 e. The first kappa shape index (κ1) is 10.2. The van der Waals surface area contributed by atoms with E-state index in [0.29, 0.717) is 15.9 Å². The molecule has 1 aromatic heterocycles. The summed E-state index contributed by atoms with van der Waals surface area (Å²) in [4.78, 5) is 7.49. The Morgan fingerprint density at radius 2 is 2.25 bits per heavy atom. The van der Waals surface area contributed by atoms with Crippen LogP contribution >= 0.6 is 15.9 Å². The molecule has 2 aromatic rings. The van der Waals surface area contributed by atoms with E-state index in [1.54, 1.807) is 6.07 Å². The summed E-state index contributed by atoms with van der Waals surface area (Å²) in [5.74, 6) is 1.01. The Labute approximate surface area is 100 Å². The van der Waals surface area contributed by atoms with Crippen molar-refractivity contribution in [2.75, 3.05) is 0 Å². The van der Waals surface area contributed by atoms with Crippen LogP contribution < -0.4 is 5.73 Å². The third-order valence-corrected chi connectivity index (χ3v) is 3.60. The van der Waals surface area contributed by atoms with Crippen molar-refractivity contribution >= 4 is 27.0 Å². The van der Waals surface area contributed by atoms with Crippen LogP contribution in [-0.2, 0) is 0 Å². The molecule has 5 heteroatoms. The van der Waals surface area contributed by atoms with Crippen LogP contribution in [-0.4, -0.2) is 9.97 Å². The van der Waals surface area contributed by atoms with Crippen molar-refractivity contribution in [2.24, 2.45) is 11.7 Å². The van der Waals surface area contributed by atoms with Crippen LogP contribution in [0.2, 0.25) is 0 Å². The lowest BCUT2D eigenvalue weighted by atomic mass is 10.2. The van der Waals surface area contributed by atoms with Crippen LogP contribution in [0.3, 0.4) is 0 Å². The Bertz CT molecular complexity index is 508. The molecule has 1 aliphatic rings. The van der Waals surface area contributed by atoms with Gasteiger partial charge in [-0.1, -0.05) is 0 Å². The summed E-state index contributed by atoms with van der Waals surface area (Å²) in [6.07, 6.45) is 2.33. The minimum Gasteiger partial charge on any atom is -0.341 e. The Balaban J connectivity index is 2.07. The van der Waals surface area contributed by atoms with Crippen LogP contribution in [0, 0.1) is 11.7 Å². The Morgan fingerprint density at radius 3 is 2.94 bits per heavy atom. The maximum absolute atomic E-state index is 13.3. The first-order valence-corrected chi connectivity index (χ1v) is 6.04. The number of benzene rings is 1. The fourth-order valence-electron chi connectivity index (χ4n) is 1.86. The molecular weight excluding hydrogens is 273 g/mol. The lowest BCUT2D eigenvalue weighted by Crippen LogP contribution is -2.13. The predicted molar refractivity (Wildman–Crippen MR) is 63.4 cm³/mol. The minimum atomic E-state index is -0.289. The fraction of sp³-hybridized carbons (Fsp3) is 0.364. The number of hydrogen-bond donors (Lipinski definition) is 2. The number of imidazole rings is 1. The number of H-pyrrole nitrogens is 1. The normalized spacial score (nSPS) is 17.9. The number of nitrogens with two attached hydrogens (primary N) is 1. The largest absolute Gasteiger partial charge is 0.341 e. The summed E-state index contributed by atoms with van der Waals surface area (Å²) in [5.41, 5.74) is 7.49. The minimum absolute atomic E-state index is 0.0470. The third kappa shape index (κ3) is 1.64. The van der Waals surface area contributed by atoms with Crippen LogP contribution in [0.1, 0.15) is 24.7 Å². The average Bonchev–Trinajstić information content (AvgIpc) is 3.01. The SMILES string of the molecule is NC(c1nc2cc(Br)c(F)cc2[nH]1)C1CC1. The van der Waals surface area contributed by atoms with Gasteiger partial charge in [-0.3, -0.25) is 0 Å². The molecule has 84 valence electrons. The van der Waals surface area contributed by atoms with E-state index in [2.05, 4.69) is 25.9 Å². The van der Waals surface area contributed by atoms with Crippen molar-refractivity contribution in [3.63, 3.8) is 0 Å². The number of aromatic nitrogens is 2. The van der Waals surface area contributed by atoms with Crippen LogP contribution in [0.25, 0.3) is 11.0 Å². The molecule has 1 fully saturated rings. The van der Waals surface area contributed by atoms with E-state index in [0.717, 1.165) is 24.2 Å². The highest BCUT2D eigenvalue weighted by atomic mass is 79.9. The second-order valence-corrected chi connectivity index (χ2v) is 5.12. The van der Waals surface area contributed by atoms with E-state index < -0.39 is 0 Å². The highest BCUT2D eigenvalue weighted by Crippen LogP contribution is 2.39. The molecule has 0 amide bonds. The first-order chi connectivity index (χ1) is 7.65.